The molecule has 0 aromatic heterocycles. The molecule has 0 saturated carbocycles. The molecule has 0 aliphatic carbocycles. The van der Waals surface area contributed by atoms with Crippen molar-refractivity contribution in [2.75, 3.05) is 25.8 Å². The highest BCUT2D eigenvalue weighted by molar-refractivity contribution is 6.35. The normalized spacial score (nSPS) is 11.4. The van der Waals surface area contributed by atoms with E-state index in [4.69, 9.17) is 22.1 Å². The second-order valence-corrected chi connectivity index (χ2v) is 6.11. The lowest BCUT2D eigenvalue weighted by Crippen LogP contribution is -2.14. The third-order valence-corrected chi connectivity index (χ3v) is 4.29. The van der Waals surface area contributed by atoms with Crippen LogP contribution in [0.15, 0.2) is 48.5 Å². The molecule has 2 aromatic rings. The summed E-state index contributed by atoms with van der Waals surface area (Å²) in [5.41, 5.74) is 7.67. The van der Waals surface area contributed by atoms with Gasteiger partial charge in [0.25, 0.3) is 0 Å². The number of Topliss-reactive ketones (excluding diaryl/α,β-unsaturated/α-hetero) is 2. The number of ketones is 2. The Labute approximate surface area is 167 Å². The first kappa shape index (κ1) is 21.2. The number of nitrogens with two attached hydrogens (primary N) is 1. The van der Waals surface area contributed by atoms with Gasteiger partial charge in [0.15, 0.2) is 11.6 Å². The van der Waals surface area contributed by atoms with Gasteiger partial charge in [-0.1, -0.05) is 36.4 Å². The van der Waals surface area contributed by atoms with Crippen LogP contribution < -0.4 is 5.73 Å². The van der Waals surface area contributed by atoms with E-state index in [0.29, 0.717) is 11.1 Å². The smallest absolute Gasteiger partial charge is 0.337 e. The average Bonchev–Trinajstić information content (AvgIpc) is 2.72. The minimum absolute atomic E-state index is 0.140. The Morgan fingerprint density at radius 3 is 2.18 bits per heavy atom. The number of anilines is 1. The number of rotatable bonds is 8. The number of hydrogen-bond donors (Lipinski definition) is 1. The molecule has 2 aromatic carbocycles. The van der Waals surface area contributed by atoms with Crippen LogP contribution in [0.1, 0.15) is 27.9 Å². The molecule has 0 atom stereocenters. The highest BCUT2D eigenvalue weighted by atomic mass is 35.5. The maximum atomic E-state index is 12.9. The molecule has 0 amide bonds. The Morgan fingerprint density at radius 2 is 1.64 bits per heavy atom. The first-order chi connectivity index (χ1) is 13.4. The highest BCUT2D eigenvalue weighted by Gasteiger charge is 2.24. The fourth-order valence-electron chi connectivity index (χ4n) is 2.70. The van der Waals surface area contributed by atoms with E-state index in [9.17, 15) is 14.4 Å². The van der Waals surface area contributed by atoms with Crippen LogP contribution in [0.4, 0.5) is 5.69 Å². The van der Waals surface area contributed by atoms with E-state index in [0.717, 1.165) is 0 Å². The minimum Gasteiger partial charge on any atom is -0.495 e. The third kappa shape index (κ3) is 4.78. The molecular weight excluding hydrogens is 382 g/mol. The van der Waals surface area contributed by atoms with Crippen molar-refractivity contribution in [3.05, 3.63) is 65.2 Å². The fraction of sp³-hybridized carbons (Fsp3) is 0.190. The molecule has 7 heteroatoms. The van der Waals surface area contributed by atoms with Crippen LogP contribution in [0.5, 0.6) is 0 Å². The average molecular weight is 402 g/mol. The van der Waals surface area contributed by atoms with Gasteiger partial charge in [0, 0.05) is 16.8 Å². The van der Waals surface area contributed by atoms with Gasteiger partial charge in [0.05, 0.1) is 37.7 Å². The van der Waals surface area contributed by atoms with Crippen LogP contribution in [-0.4, -0.2) is 37.6 Å². The van der Waals surface area contributed by atoms with Crippen LogP contribution in [0.3, 0.4) is 0 Å². The molecular formula is C21H20ClNO5. The van der Waals surface area contributed by atoms with Gasteiger partial charge in [-0.05, 0) is 12.1 Å². The number of ether oxygens (including phenoxy) is 2. The fourth-order valence-corrected chi connectivity index (χ4v) is 2.80. The monoisotopic (exact) mass is 401 g/mol. The van der Waals surface area contributed by atoms with Gasteiger partial charge < -0.3 is 15.2 Å². The molecule has 2 rings (SSSR count). The number of hydrogen-bond acceptors (Lipinski definition) is 6. The lowest BCUT2D eigenvalue weighted by atomic mass is 9.92. The number of nitrogen functional groups attached to an aromatic ring is 1. The van der Waals surface area contributed by atoms with E-state index in [1.807, 2.05) is 6.07 Å². The minimum atomic E-state index is -0.553. The number of allylic oxidation sites excluding steroid dienone is 1. The highest BCUT2D eigenvalue weighted by Crippen LogP contribution is 2.32. The van der Waals surface area contributed by atoms with Gasteiger partial charge in [0.2, 0.25) is 0 Å². The zero-order valence-corrected chi connectivity index (χ0v) is 16.3. The number of methoxy groups -OCH3 is 2. The predicted octanol–water partition coefficient (Wildman–Crippen LogP) is 3.34. The van der Waals surface area contributed by atoms with E-state index in [1.165, 1.54) is 32.4 Å². The number of esters is 1. The number of alkyl halides is 1. The quantitative estimate of drug-likeness (QED) is 0.139. The topological polar surface area (TPSA) is 95.7 Å². The first-order valence-electron chi connectivity index (χ1n) is 8.35. The Balaban J connectivity index is 2.68. The molecule has 0 radical (unpaired) electrons. The molecule has 0 aliphatic rings. The molecule has 0 unspecified atom stereocenters. The van der Waals surface area contributed by atoms with Gasteiger partial charge >= 0.3 is 5.97 Å². The van der Waals surface area contributed by atoms with E-state index >= 15 is 0 Å². The van der Waals surface area contributed by atoms with Crippen molar-refractivity contribution in [2.24, 2.45) is 0 Å². The molecule has 0 spiro atoms. The SMILES string of the molecule is COC(=O)c1ccc(/C(C(=O)CC(=O)CCl)=C(\OC)c2ccccc2)c(N)c1. The summed E-state index contributed by atoms with van der Waals surface area (Å²) < 4.78 is 10.2. The number of halogens is 1. The van der Waals surface area contributed by atoms with Crippen molar-refractivity contribution in [1.82, 2.24) is 0 Å². The van der Waals surface area contributed by atoms with Gasteiger partial charge in [-0.15, -0.1) is 11.6 Å². The summed E-state index contributed by atoms with van der Waals surface area (Å²) in [4.78, 5) is 36.4. The molecule has 28 heavy (non-hydrogen) atoms. The summed E-state index contributed by atoms with van der Waals surface area (Å²) in [6.07, 6.45) is -0.392. The van der Waals surface area contributed by atoms with Crippen LogP contribution in [-0.2, 0) is 19.1 Å². The zero-order valence-electron chi connectivity index (χ0n) is 15.5. The van der Waals surface area contributed by atoms with Crippen molar-refractivity contribution in [2.45, 2.75) is 6.42 Å². The molecule has 146 valence electrons. The summed E-state index contributed by atoms with van der Waals surface area (Å²) in [6, 6.07) is 13.4. The Hall–Kier alpha value is -3.12. The van der Waals surface area contributed by atoms with E-state index < -0.39 is 24.0 Å². The van der Waals surface area contributed by atoms with Crippen LogP contribution in [0.2, 0.25) is 0 Å². The maximum absolute atomic E-state index is 12.9. The standard InChI is InChI=1S/C21H20ClNO5/c1-27-20(13-6-4-3-5-7-13)19(18(25)11-15(24)12-22)16-9-8-14(10-17(16)23)21(26)28-2/h3-10H,11-12,23H2,1-2H3/b20-19+. The van der Waals surface area contributed by atoms with Gasteiger partial charge in [-0.3, -0.25) is 9.59 Å². The lowest BCUT2D eigenvalue weighted by molar-refractivity contribution is -0.122. The first-order valence-corrected chi connectivity index (χ1v) is 8.89. The second-order valence-electron chi connectivity index (χ2n) is 5.84. The summed E-state index contributed by atoms with van der Waals surface area (Å²) in [5, 5.41) is 0. The number of benzene rings is 2. The number of carbonyl (C=O) groups is 3. The van der Waals surface area contributed by atoms with Crippen molar-refractivity contribution in [1.29, 1.82) is 0 Å². The summed E-state index contributed by atoms with van der Waals surface area (Å²) in [7, 11) is 2.69. The van der Waals surface area contributed by atoms with E-state index in [-0.39, 0.29) is 28.5 Å². The number of carbonyl (C=O) groups excluding carboxylic acids is 3. The Morgan fingerprint density at radius 1 is 0.964 bits per heavy atom. The summed E-state index contributed by atoms with van der Waals surface area (Å²) in [6.45, 7) is 0. The molecule has 0 fully saturated rings. The van der Waals surface area contributed by atoms with Gasteiger partial charge in [-0.25, -0.2) is 4.79 Å². The molecule has 6 nitrogen and oxygen atoms in total. The molecule has 0 aliphatic heterocycles. The lowest BCUT2D eigenvalue weighted by Gasteiger charge is -2.16. The second kappa shape index (κ2) is 9.71. The van der Waals surface area contributed by atoms with Crippen molar-refractivity contribution in [3.63, 3.8) is 0 Å². The predicted molar refractivity (Wildman–Crippen MR) is 108 cm³/mol. The van der Waals surface area contributed by atoms with Gasteiger partial charge in [-0.2, -0.15) is 0 Å². The van der Waals surface area contributed by atoms with Crippen LogP contribution in [0, 0.1) is 0 Å². The molecule has 0 saturated heterocycles. The Bertz CT molecular complexity index is 922. The van der Waals surface area contributed by atoms with E-state index in [2.05, 4.69) is 4.74 Å². The molecule has 0 bridgehead atoms. The summed E-state index contributed by atoms with van der Waals surface area (Å²) >= 11 is 5.55. The van der Waals surface area contributed by atoms with Crippen molar-refractivity contribution in [3.8, 4) is 0 Å². The van der Waals surface area contributed by atoms with Gasteiger partial charge in [0.1, 0.15) is 5.76 Å². The van der Waals surface area contributed by atoms with Crippen molar-refractivity contribution < 1.29 is 23.9 Å². The van der Waals surface area contributed by atoms with E-state index in [1.54, 1.807) is 24.3 Å². The maximum Gasteiger partial charge on any atom is 0.337 e. The largest absolute Gasteiger partial charge is 0.495 e. The summed E-state index contributed by atoms with van der Waals surface area (Å²) in [5.74, 6) is -1.46. The Kier molecular flexibility index (Phi) is 7.35. The zero-order chi connectivity index (χ0) is 20.7. The third-order valence-electron chi connectivity index (χ3n) is 3.99. The van der Waals surface area contributed by atoms with Crippen LogP contribution >= 0.6 is 11.6 Å². The molecule has 2 N–H and O–H groups in total. The van der Waals surface area contributed by atoms with Crippen LogP contribution in [0.25, 0.3) is 11.3 Å². The molecule has 0 heterocycles. The van der Waals surface area contributed by atoms with Crippen molar-refractivity contribution >= 4 is 46.2 Å².